The van der Waals surface area contributed by atoms with Crippen LogP contribution in [0.15, 0.2) is 17.1 Å². The van der Waals surface area contributed by atoms with Crippen molar-refractivity contribution in [3.8, 4) is 0 Å². The smallest absolute Gasteiger partial charge is 0.221 e. The maximum atomic E-state index is 11.4. The number of unbranched alkanes of at least 4 members (excludes halogenated alkanes) is 4. The molecule has 0 fully saturated rings. The van der Waals surface area contributed by atoms with Crippen molar-refractivity contribution in [2.75, 3.05) is 13.1 Å². The van der Waals surface area contributed by atoms with Gasteiger partial charge in [0.2, 0.25) is 5.91 Å². The van der Waals surface area contributed by atoms with Crippen molar-refractivity contribution in [3.63, 3.8) is 0 Å². The Morgan fingerprint density at radius 1 is 1.30 bits per heavy atom. The lowest BCUT2D eigenvalue weighted by atomic mass is 10.1. The second-order valence-electron chi connectivity index (χ2n) is 6.66. The molecule has 1 heterocycles. The Hall–Kier alpha value is -1.16. The molecule has 3 unspecified atom stereocenters. The summed E-state index contributed by atoms with van der Waals surface area (Å²) in [5, 5.41) is 3.08. The monoisotopic (exact) mass is 322 g/mol. The van der Waals surface area contributed by atoms with E-state index in [1.807, 2.05) is 0 Å². The van der Waals surface area contributed by atoms with E-state index in [9.17, 15) is 4.79 Å². The first kappa shape index (κ1) is 19.9. The van der Waals surface area contributed by atoms with E-state index in [4.69, 9.17) is 4.99 Å². The highest BCUT2D eigenvalue weighted by molar-refractivity contribution is 5.73. The molecule has 0 aromatic carbocycles. The molecule has 0 saturated heterocycles. The summed E-state index contributed by atoms with van der Waals surface area (Å²) in [6, 6.07) is 0. The van der Waals surface area contributed by atoms with Gasteiger partial charge in [-0.25, -0.2) is 4.99 Å². The Morgan fingerprint density at radius 3 is 2.70 bits per heavy atom. The van der Waals surface area contributed by atoms with Crippen LogP contribution in [-0.4, -0.2) is 42.0 Å². The Morgan fingerprint density at radius 2 is 2.04 bits per heavy atom. The Kier molecular flexibility index (Phi) is 9.15. The highest BCUT2D eigenvalue weighted by atomic mass is 16.1. The molecule has 1 aliphatic heterocycles. The zero-order valence-corrected chi connectivity index (χ0v) is 15.6. The molecule has 0 aliphatic carbocycles. The van der Waals surface area contributed by atoms with Gasteiger partial charge in [0.1, 0.15) is 6.54 Å². The SMILES string of the molecule is CC/C=C/CCCCCCC1N=CC[N+]1(CC)C(C)NC(C)=O. The number of hydrogen-bond acceptors (Lipinski definition) is 2. The van der Waals surface area contributed by atoms with Gasteiger partial charge in [0.15, 0.2) is 12.3 Å². The molecule has 1 N–H and O–H groups in total. The quantitative estimate of drug-likeness (QED) is 0.348. The molecule has 0 aromatic heterocycles. The van der Waals surface area contributed by atoms with E-state index < -0.39 is 0 Å². The lowest BCUT2D eigenvalue weighted by molar-refractivity contribution is -0.959. The molecular weight excluding hydrogens is 286 g/mol. The van der Waals surface area contributed by atoms with Crippen LogP contribution in [0.4, 0.5) is 0 Å². The standard InChI is InChI=1S/C19H35N3O/c1-5-7-8-9-10-11-12-13-14-19-20-15-16-22(19,6-2)17(3)21-18(4)23/h7-8,15,17,19H,5-6,9-14,16H2,1-4H3/p+1/b8-7+. The van der Waals surface area contributed by atoms with Crippen LogP contribution in [0, 0.1) is 0 Å². The van der Waals surface area contributed by atoms with Crippen molar-refractivity contribution in [3.05, 3.63) is 12.2 Å². The minimum absolute atomic E-state index is 0.0502. The molecule has 1 aliphatic rings. The van der Waals surface area contributed by atoms with Crippen molar-refractivity contribution in [1.29, 1.82) is 0 Å². The highest BCUT2D eigenvalue weighted by Gasteiger charge is 2.42. The van der Waals surface area contributed by atoms with E-state index in [-0.39, 0.29) is 12.1 Å². The van der Waals surface area contributed by atoms with E-state index in [0.717, 1.165) is 30.4 Å². The van der Waals surface area contributed by atoms with Gasteiger partial charge in [-0.05, 0) is 32.6 Å². The van der Waals surface area contributed by atoms with Crippen molar-refractivity contribution in [1.82, 2.24) is 5.32 Å². The average molecular weight is 323 g/mol. The Bertz CT molecular complexity index is 405. The summed E-state index contributed by atoms with van der Waals surface area (Å²) in [7, 11) is 0. The topological polar surface area (TPSA) is 41.5 Å². The van der Waals surface area contributed by atoms with Gasteiger partial charge in [-0.15, -0.1) is 0 Å². The summed E-state index contributed by atoms with van der Waals surface area (Å²) >= 11 is 0. The fourth-order valence-electron chi connectivity index (χ4n) is 3.59. The molecule has 23 heavy (non-hydrogen) atoms. The van der Waals surface area contributed by atoms with Crippen LogP contribution in [0.2, 0.25) is 0 Å². The third kappa shape index (κ3) is 6.09. The number of aliphatic imine (C=N–C) groups is 1. The normalized spacial score (nSPS) is 25.1. The van der Waals surface area contributed by atoms with E-state index in [1.54, 1.807) is 6.92 Å². The van der Waals surface area contributed by atoms with E-state index >= 15 is 0 Å². The van der Waals surface area contributed by atoms with Crippen LogP contribution in [0.1, 0.15) is 72.6 Å². The molecule has 1 amide bonds. The second kappa shape index (κ2) is 10.6. The van der Waals surface area contributed by atoms with Crippen molar-refractivity contribution >= 4 is 12.1 Å². The largest absolute Gasteiger partial charge is 0.307 e. The fourth-order valence-corrected chi connectivity index (χ4v) is 3.59. The Labute approximate surface area is 142 Å². The molecule has 0 aromatic rings. The van der Waals surface area contributed by atoms with Gasteiger partial charge in [-0.2, -0.15) is 0 Å². The molecule has 0 spiro atoms. The van der Waals surface area contributed by atoms with Gasteiger partial charge in [-0.1, -0.05) is 31.9 Å². The van der Waals surface area contributed by atoms with Crippen molar-refractivity contribution < 1.29 is 9.28 Å². The summed E-state index contributed by atoms with van der Waals surface area (Å²) in [6.07, 6.45) is 15.6. The van der Waals surface area contributed by atoms with Crippen LogP contribution in [0.25, 0.3) is 0 Å². The van der Waals surface area contributed by atoms with Crippen LogP contribution in [0.3, 0.4) is 0 Å². The third-order valence-corrected chi connectivity index (χ3v) is 5.05. The lowest BCUT2D eigenvalue weighted by Gasteiger charge is -2.42. The number of quaternary nitrogens is 1. The predicted octanol–water partition coefficient (Wildman–Crippen LogP) is 4.02. The summed E-state index contributed by atoms with van der Waals surface area (Å²) in [5.41, 5.74) is 0. The predicted molar refractivity (Wildman–Crippen MR) is 98.4 cm³/mol. The molecule has 4 nitrogen and oxygen atoms in total. The lowest BCUT2D eigenvalue weighted by Crippen LogP contribution is -2.63. The van der Waals surface area contributed by atoms with Crippen molar-refractivity contribution in [2.24, 2.45) is 4.99 Å². The van der Waals surface area contributed by atoms with Gasteiger partial charge >= 0.3 is 0 Å². The van der Waals surface area contributed by atoms with Gasteiger partial charge in [0.25, 0.3) is 0 Å². The number of carbonyl (C=O) groups is 1. The maximum absolute atomic E-state index is 11.4. The van der Waals surface area contributed by atoms with Crippen LogP contribution in [0.5, 0.6) is 0 Å². The minimum Gasteiger partial charge on any atom is -0.307 e. The second-order valence-corrected chi connectivity index (χ2v) is 6.66. The van der Waals surface area contributed by atoms with Crippen LogP contribution < -0.4 is 5.32 Å². The summed E-state index contributed by atoms with van der Waals surface area (Å²) in [5.74, 6) is 0.0502. The Balaban J connectivity index is 2.37. The molecule has 4 heteroatoms. The number of allylic oxidation sites excluding steroid dienone is 2. The number of amides is 1. The minimum atomic E-state index is 0.0502. The molecule has 0 radical (unpaired) electrons. The number of nitrogens with zero attached hydrogens (tertiary/aromatic N) is 2. The molecule has 3 atom stereocenters. The van der Waals surface area contributed by atoms with Crippen LogP contribution in [-0.2, 0) is 4.79 Å². The summed E-state index contributed by atoms with van der Waals surface area (Å²) in [4.78, 5) is 16.1. The number of carbonyl (C=O) groups excluding carboxylic acids is 1. The van der Waals surface area contributed by atoms with E-state index in [1.165, 1.54) is 32.1 Å². The molecule has 0 bridgehead atoms. The zero-order valence-electron chi connectivity index (χ0n) is 15.6. The fraction of sp³-hybridized carbons (Fsp3) is 0.789. The van der Waals surface area contributed by atoms with E-state index in [2.05, 4.69) is 44.5 Å². The first-order valence-corrected chi connectivity index (χ1v) is 9.37. The van der Waals surface area contributed by atoms with Crippen molar-refractivity contribution in [2.45, 2.75) is 85.0 Å². The number of rotatable bonds is 11. The average Bonchev–Trinajstić information content (AvgIpc) is 2.93. The van der Waals surface area contributed by atoms with Gasteiger partial charge in [0.05, 0.1) is 12.8 Å². The third-order valence-electron chi connectivity index (χ3n) is 5.05. The van der Waals surface area contributed by atoms with Gasteiger partial charge in [-0.3, -0.25) is 9.28 Å². The summed E-state index contributed by atoms with van der Waals surface area (Å²) < 4.78 is 0.874. The van der Waals surface area contributed by atoms with Crippen LogP contribution >= 0.6 is 0 Å². The first-order valence-electron chi connectivity index (χ1n) is 9.37. The number of nitrogens with one attached hydrogen (secondary N) is 1. The van der Waals surface area contributed by atoms with Gasteiger partial charge in [0, 0.05) is 20.3 Å². The molecule has 132 valence electrons. The van der Waals surface area contributed by atoms with E-state index in [0.29, 0.717) is 6.17 Å². The first-order chi connectivity index (χ1) is 11.1. The number of hydrogen-bond donors (Lipinski definition) is 1. The molecule has 1 rings (SSSR count). The summed E-state index contributed by atoms with van der Waals surface area (Å²) in [6.45, 7) is 10.0. The molecular formula is C19H36N3O+. The zero-order chi connectivity index (χ0) is 17.1. The highest BCUT2D eigenvalue weighted by Crippen LogP contribution is 2.27. The molecule has 0 saturated carbocycles. The van der Waals surface area contributed by atoms with Gasteiger partial charge < -0.3 is 5.32 Å². The maximum Gasteiger partial charge on any atom is 0.221 e.